The van der Waals surface area contributed by atoms with Crippen LogP contribution in [0, 0.1) is 0 Å². The van der Waals surface area contributed by atoms with Crippen molar-refractivity contribution in [3.05, 3.63) is 35.9 Å². The minimum atomic E-state index is -0.268. The first kappa shape index (κ1) is 14.5. The molecular formula is C15H19N2O3. The Kier molecular flexibility index (Phi) is 5.55. The van der Waals surface area contributed by atoms with Crippen LogP contribution in [0.15, 0.2) is 30.3 Å². The number of carbonyl (C=O) groups is 1. The molecule has 1 aromatic carbocycles. The Morgan fingerprint density at radius 3 is 2.50 bits per heavy atom. The number of piperazine rings is 1. The van der Waals surface area contributed by atoms with Gasteiger partial charge in [-0.15, -0.1) is 0 Å². The fraction of sp³-hybridized carbons (Fsp3) is 0.467. The molecule has 1 amide bonds. The predicted molar refractivity (Wildman–Crippen MR) is 75.0 cm³/mol. The van der Waals surface area contributed by atoms with Crippen LogP contribution in [0.4, 0.5) is 4.79 Å². The lowest BCUT2D eigenvalue weighted by atomic mass is 10.2. The number of hydrogen-bond donors (Lipinski definition) is 0. The van der Waals surface area contributed by atoms with E-state index in [1.807, 2.05) is 36.6 Å². The summed E-state index contributed by atoms with van der Waals surface area (Å²) >= 11 is 0. The molecule has 1 fully saturated rings. The van der Waals surface area contributed by atoms with Crippen LogP contribution in [0.1, 0.15) is 12.0 Å². The summed E-state index contributed by atoms with van der Waals surface area (Å²) in [6.45, 7) is 3.87. The van der Waals surface area contributed by atoms with E-state index < -0.39 is 0 Å². The first-order valence-corrected chi connectivity index (χ1v) is 6.82. The number of benzene rings is 1. The number of hydrogen-bond acceptors (Lipinski definition) is 4. The summed E-state index contributed by atoms with van der Waals surface area (Å²) in [7, 11) is 0. The van der Waals surface area contributed by atoms with Gasteiger partial charge in [0, 0.05) is 39.1 Å². The summed E-state index contributed by atoms with van der Waals surface area (Å²) in [4.78, 5) is 26.0. The van der Waals surface area contributed by atoms with Crippen LogP contribution in [0.25, 0.3) is 0 Å². The van der Waals surface area contributed by atoms with Crippen LogP contribution in [0.3, 0.4) is 0 Å². The van der Waals surface area contributed by atoms with E-state index in [0.717, 1.165) is 25.2 Å². The third-order valence-electron chi connectivity index (χ3n) is 3.37. The molecule has 1 heterocycles. The van der Waals surface area contributed by atoms with Crippen molar-refractivity contribution in [3.63, 3.8) is 0 Å². The molecule has 0 unspecified atom stereocenters. The summed E-state index contributed by atoms with van der Waals surface area (Å²) in [6, 6.07) is 9.64. The summed E-state index contributed by atoms with van der Waals surface area (Å²) in [5, 5.41) is 0. The lowest BCUT2D eigenvalue weighted by molar-refractivity contribution is 0.0722. The molecule has 0 N–H and O–H groups in total. The molecule has 0 aliphatic carbocycles. The van der Waals surface area contributed by atoms with Gasteiger partial charge < -0.3 is 9.64 Å². The third-order valence-corrected chi connectivity index (χ3v) is 3.37. The number of amides is 1. The van der Waals surface area contributed by atoms with Crippen molar-refractivity contribution in [1.29, 1.82) is 0 Å². The smallest absolute Gasteiger partial charge is 0.410 e. The monoisotopic (exact) mass is 275 g/mol. The predicted octanol–water partition coefficient (Wildman–Crippen LogP) is 1.44. The Morgan fingerprint density at radius 1 is 1.15 bits per heavy atom. The Hall–Kier alpha value is -1.88. The topological polar surface area (TPSA) is 49.9 Å². The van der Waals surface area contributed by atoms with Gasteiger partial charge in [0.05, 0.1) is 0 Å². The Morgan fingerprint density at radius 2 is 1.85 bits per heavy atom. The van der Waals surface area contributed by atoms with Crippen molar-refractivity contribution in [2.45, 2.75) is 13.0 Å². The fourth-order valence-corrected chi connectivity index (χ4v) is 2.17. The average molecular weight is 275 g/mol. The molecule has 0 aromatic heterocycles. The minimum Gasteiger partial charge on any atom is -0.445 e. The van der Waals surface area contributed by atoms with Gasteiger partial charge in [-0.2, -0.15) is 0 Å². The highest BCUT2D eigenvalue weighted by Gasteiger charge is 2.21. The summed E-state index contributed by atoms with van der Waals surface area (Å²) in [5.41, 5.74) is 0.987. The number of rotatable bonds is 5. The van der Waals surface area contributed by atoms with Crippen LogP contribution >= 0.6 is 0 Å². The molecular weight excluding hydrogens is 256 g/mol. The number of nitrogens with zero attached hydrogens (tertiary/aromatic N) is 2. The van der Waals surface area contributed by atoms with E-state index in [0.29, 0.717) is 26.1 Å². The minimum absolute atomic E-state index is 0.268. The second-order valence-corrected chi connectivity index (χ2v) is 4.76. The van der Waals surface area contributed by atoms with Gasteiger partial charge in [0.15, 0.2) is 6.29 Å². The average Bonchev–Trinajstić information content (AvgIpc) is 2.52. The molecule has 0 spiro atoms. The van der Waals surface area contributed by atoms with Crippen molar-refractivity contribution in [2.24, 2.45) is 0 Å². The van der Waals surface area contributed by atoms with Crippen molar-refractivity contribution in [2.75, 3.05) is 32.7 Å². The van der Waals surface area contributed by atoms with Crippen molar-refractivity contribution in [3.8, 4) is 0 Å². The molecule has 0 saturated carbocycles. The molecule has 5 nitrogen and oxygen atoms in total. The third kappa shape index (κ3) is 4.35. The van der Waals surface area contributed by atoms with Gasteiger partial charge in [-0.1, -0.05) is 30.3 Å². The molecule has 0 atom stereocenters. The standard InChI is InChI=1S/C15H19N2O3/c18-12-4-7-16-8-10-17(11-9-16)15(19)20-13-14-5-2-1-3-6-14/h1-3,5-6H,4,7-11,13H2. The van der Waals surface area contributed by atoms with Crippen LogP contribution in [0.5, 0.6) is 0 Å². The SMILES string of the molecule is O=[C]CCN1CCN(C(=O)OCc2ccccc2)CC1. The highest BCUT2D eigenvalue weighted by atomic mass is 16.6. The Labute approximate surface area is 119 Å². The lowest BCUT2D eigenvalue weighted by Gasteiger charge is -2.33. The van der Waals surface area contributed by atoms with E-state index in [4.69, 9.17) is 4.74 Å². The zero-order valence-corrected chi connectivity index (χ0v) is 11.5. The van der Waals surface area contributed by atoms with E-state index in [9.17, 15) is 9.59 Å². The Balaban J connectivity index is 1.70. The van der Waals surface area contributed by atoms with Crippen molar-refractivity contribution < 1.29 is 14.3 Å². The van der Waals surface area contributed by atoms with Crippen LogP contribution < -0.4 is 0 Å². The maximum atomic E-state index is 11.9. The quantitative estimate of drug-likeness (QED) is 0.816. The van der Waals surface area contributed by atoms with E-state index in [1.165, 1.54) is 0 Å². The summed E-state index contributed by atoms with van der Waals surface area (Å²) in [6.07, 6.45) is 2.05. The normalized spacial score (nSPS) is 15.9. The molecule has 1 radical (unpaired) electrons. The molecule has 20 heavy (non-hydrogen) atoms. The van der Waals surface area contributed by atoms with E-state index in [-0.39, 0.29) is 6.09 Å². The zero-order valence-electron chi connectivity index (χ0n) is 11.5. The van der Waals surface area contributed by atoms with Crippen molar-refractivity contribution in [1.82, 2.24) is 9.80 Å². The molecule has 5 heteroatoms. The summed E-state index contributed by atoms with van der Waals surface area (Å²) < 4.78 is 5.29. The van der Waals surface area contributed by atoms with E-state index in [2.05, 4.69) is 4.90 Å². The number of carbonyl (C=O) groups excluding carboxylic acids is 2. The van der Waals surface area contributed by atoms with Gasteiger partial charge in [0.2, 0.25) is 0 Å². The van der Waals surface area contributed by atoms with Gasteiger partial charge in [-0.3, -0.25) is 9.69 Å². The van der Waals surface area contributed by atoms with E-state index in [1.54, 1.807) is 4.90 Å². The van der Waals surface area contributed by atoms with Crippen molar-refractivity contribution >= 4 is 12.4 Å². The highest BCUT2D eigenvalue weighted by Crippen LogP contribution is 2.07. The van der Waals surface area contributed by atoms with Crippen LogP contribution in [-0.2, 0) is 16.1 Å². The van der Waals surface area contributed by atoms with Gasteiger partial charge in [-0.25, -0.2) is 4.79 Å². The van der Waals surface area contributed by atoms with Gasteiger partial charge in [0.1, 0.15) is 6.61 Å². The van der Waals surface area contributed by atoms with Gasteiger partial charge >= 0.3 is 6.09 Å². The fourth-order valence-electron chi connectivity index (χ4n) is 2.17. The first-order valence-electron chi connectivity index (χ1n) is 6.82. The highest BCUT2D eigenvalue weighted by molar-refractivity contribution is 5.67. The molecule has 1 aromatic rings. The first-order chi connectivity index (χ1) is 9.79. The van der Waals surface area contributed by atoms with Gasteiger partial charge in [-0.05, 0) is 5.56 Å². The molecule has 1 aliphatic heterocycles. The number of ether oxygens (including phenoxy) is 1. The largest absolute Gasteiger partial charge is 0.445 e. The maximum absolute atomic E-state index is 11.9. The van der Waals surface area contributed by atoms with E-state index >= 15 is 0 Å². The second kappa shape index (κ2) is 7.65. The lowest BCUT2D eigenvalue weighted by Crippen LogP contribution is -2.49. The maximum Gasteiger partial charge on any atom is 0.410 e. The van der Waals surface area contributed by atoms with Crippen LogP contribution in [0.2, 0.25) is 0 Å². The molecule has 1 aliphatic rings. The molecule has 1 saturated heterocycles. The molecule has 2 rings (SSSR count). The molecule has 107 valence electrons. The molecule has 0 bridgehead atoms. The summed E-state index contributed by atoms with van der Waals surface area (Å²) in [5.74, 6) is 0. The second-order valence-electron chi connectivity index (χ2n) is 4.76. The Bertz CT molecular complexity index is 428. The van der Waals surface area contributed by atoms with Crippen LogP contribution in [-0.4, -0.2) is 54.9 Å². The van der Waals surface area contributed by atoms with Gasteiger partial charge in [0.25, 0.3) is 0 Å². The zero-order chi connectivity index (χ0) is 14.2.